The minimum atomic E-state index is -0.627. The number of carbonyl (C=O) groups is 2. The summed E-state index contributed by atoms with van der Waals surface area (Å²) in [6, 6.07) is 10.7. The molecule has 4 rings (SSSR count). The maximum absolute atomic E-state index is 13.3. The first-order valence-corrected chi connectivity index (χ1v) is 12.9. The normalized spacial score (nSPS) is 18.8. The van der Waals surface area contributed by atoms with Crippen LogP contribution in [0.1, 0.15) is 70.2 Å². The first kappa shape index (κ1) is 25.8. The molecule has 1 atom stereocenters. The van der Waals surface area contributed by atoms with Gasteiger partial charge >= 0.3 is 12.0 Å². The fraction of sp³-hybridized carbons (Fsp3) is 0.500. The molecule has 2 aliphatic rings. The monoisotopic (exact) mass is 495 g/mol. The second-order valence-corrected chi connectivity index (χ2v) is 9.66. The Labute approximate surface area is 213 Å². The van der Waals surface area contributed by atoms with Gasteiger partial charge in [0, 0.05) is 18.3 Å². The average molecular weight is 496 g/mol. The van der Waals surface area contributed by atoms with Crippen molar-refractivity contribution in [1.82, 2.24) is 15.5 Å². The zero-order valence-corrected chi connectivity index (χ0v) is 21.4. The number of carbonyl (C=O) groups excluding carboxylic acids is 2. The molecule has 0 spiro atoms. The zero-order chi connectivity index (χ0) is 25.5. The van der Waals surface area contributed by atoms with E-state index in [1.807, 2.05) is 50.2 Å². The number of rotatable bonds is 10. The molecule has 1 saturated carbocycles. The highest BCUT2D eigenvalue weighted by atomic mass is 16.5. The third kappa shape index (κ3) is 6.49. The number of urea groups is 1. The molecule has 2 N–H and O–H groups in total. The van der Waals surface area contributed by atoms with Gasteiger partial charge in [-0.1, -0.05) is 31.4 Å². The van der Waals surface area contributed by atoms with Crippen molar-refractivity contribution in [2.24, 2.45) is 0 Å². The first-order chi connectivity index (χ1) is 17.4. The summed E-state index contributed by atoms with van der Waals surface area (Å²) < 4.78 is 16.9. The molecule has 0 unspecified atom stereocenters. The van der Waals surface area contributed by atoms with Crippen LogP contribution in [0.4, 0.5) is 4.79 Å². The smallest absolute Gasteiger partial charge is 0.338 e. The number of nitrogens with one attached hydrogen (secondary N) is 2. The largest absolute Gasteiger partial charge is 0.491 e. The van der Waals surface area contributed by atoms with E-state index in [1.54, 1.807) is 13.2 Å². The van der Waals surface area contributed by atoms with Crippen molar-refractivity contribution in [2.75, 3.05) is 13.2 Å². The number of esters is 1. The fourth-order valence-corrected chi connectivity index (χ4v) is 5.02. The van der Waals surface area contributed by atoms with E-state index in [1.165, 1.54) is 19.3 Å². The molecule has 0 saturated heterocycles. The van der Waals surface area contributed by atoms with E-state index in [2.05, 4.69) is 15.5 Å². The number of hydrogen-bond acceptors (Lipinski definition) is 6. The summed E-state index contributed by atoms with van der Waals surface area (Å²) in [6.45, 7) is 6.98. The predicted molar refractivity (Wildman–Crippen MR) is 136 cm³/mol. The van der Waals surface area contributed by atoms with E-state index < -0.39 is 12.0 Å². The second-order valence-electron chi connectivity index (χ2n) is 9.66. The predicted octanol–water partition coefficient (Wildman–Crippen LogP) is 5.07. The van der Waals surface area contributed by atoms with Crippen LogP contribution >= 0.6 is 0 Å². The van der Waals surface area contributed by atoms with Crippen LogP contribution < -0.4 is 15.4 Å². The molecule has 36 heavy (non-hydrogen) atoms. The van der Waals surface area contributed by atoms with Gasteiger partial charge in [-0.05, 0) is 63.4 Å². The Morgan fingerprint density at radius 2 is 1.86 bits per heavy atom. The number of hydrogen-bond donors (Lipinski definition) is 2. The molecule has 194 valence electrons. The molecule has 1 aromatic carbocycles. The molecule has 1 fully saturated rings. The van der Waals surface area contributed by atoms with Gasteiger partial charge in [0.05, 0.1) is 37.1 Å². The van der Waals surface area contributed by atoms with Gasteiger partial charge in [-0.25, -0.2) is 9.59 Å². The number of benzene rings is 1. The van der Waals surface area contributed by atoms with Crippen molar-refractivity contribution in [3.05, 3.63) is 65.3 Å². The minimum absolute atomic E-state index is 0.0518. The molecule has 0 bridgehead atoms. The Kier molecular flexibility index (Phi) is 8.70. The number of ether oxygens (including phenoxy) is 2. The summed E-state index contributed by atoms with van der Waals surface area (Å²) in [7, 11) is 0. The van der Waals surface area contributed by atoms with E-state index in [4.69, 9.17) is 13.9 Å². The highest BCUT2D eigenvalue weighted by Gasteiger charge is 2.35. The summed E-state index contributed by atoms with van der Waals surface area (Å²) in [4.78, 5) is 28.4. The van der Waals surface area contributed by atoms with Gasteiger partial charge in [0.2, 0.25) is 0 Å². The van der Waals surface area contributed by atoms with Crippen LogP contribution in [0, 0.1) is 0 Å². The van der Waals surface area contributed by atoms with Crippen molar-refractivity contribution < 1.29 is 23.5 Å². The summed E-state index contributed by atoms with van der Waals surface area (Å²) in [5.74, 6) is 1.16. The van der Waals surface area contributed by atoms with Crippen molar-refractivity contribution in [2.45, 2.75) is 77.6 Å². The van der Waals surface area contributed by atoms with Crippen LogP contribution in [-0.4, -0.2) is 42.2 Å². The van der Waals surface area contributed by atoms with Crippen LogP contribution in [0.25, 0.3) is 0 Å². The van der Waals surface area contributed by atoms with Crippen LogP contribution in [-0.2, 0) is 16.1 Å². The third-order valence-corrected chi connectivity index (χ3v) is 6.63. The Morgan fingerprint density at radius 1 is 1.11 bits per heavy atom. The molecule has 0 radical (unpaired) electrons. The Morgan fingerprint density at radius 3 is 2.50 bits per heavy atom. The summed E-state index contributed by atoms with van der Waals surface area (Å²) >= 11 is 0. The van der Waals surface area contributed by atoms with E-state index in [-0.39, 0.29) is 18.7 Å². The van der Waals surface area contributed by atoms with Gasteiger partial charge in [-0.2, -0.15) is 0 Å². The molecule has 2 aromatic rings. The molecular formula is C28H37N3O5. The summed E-state index contributed by atoms with van der Waals surface area (Å²) in [6.07, 6.45) is 7.46. The summed E-state index contributed by atoms with van der Waals surface area (Å²) in [5.41, 5.74) is 1.79. The molecule has 8 heteroatoms. The van der Waals surface area contributed by atoms with Crippen LogP contribution in [0.2, 0.25) is 0 Å². The standard InChI is InChI=1S/C28H37N3O5/c1-4-34-27(32)25-24(18-31(17-23-11-8-16-35-23)21-9-6-5-7-10-21)29-28(33)30-26(25)20-12-14-22(15-13-20)36-19(2)3/h8,11-16,19,21,26H,4-7,9-10,17-18H2,1-3H3,(H2,29,30,33)/t26-/m1/s1. The SMILES string of the molecule is CCOC(=O)C1=C(CN(Cc2ccco2)C2CCCCC2)NC(=O)N[C@@H]1c1ccc(OC(C)C)cc1. The number of furan rings is 1. The fourth-order valence-electron chi connectivity index (χ4n) is 5.02. The van der Waals surface area contributed by atoms with Crippen molar-refractivity contribution in [3.63, 3.8) is 0 Å². The van der Waals surface area contributed by atoms with Gasteiger partial charge in [0.15, 0.2) is 0 Å². The van der Waals surface area contributed by atoms with Gasteiger partial charge in [-0.3, -0.25) is 4.90 Å². The Hall–Kier alpha value is -3.26. The zero-order valence-electron chi connectivity index (χ0n) is 21.4. The maximum atomic E-state index is 13.3. The van der Waals surface area contributed by atoms with Gasteiger partial charge in [-0.15, -0.1) is 0 Å². The second kappa shape index (κ2) is 12.1. The topological polar surface area (TPSA) is 93.0 Å². The average Bonchev–Trinajstić information content (AvgIpc) is 3.37. The van der Waals surface area contributed by atoms with E-state index in [0.29, 0.717) is 30.4 Å². The van der Waals surface area contributed by atoms with Crippen LogP contribution in [0.15, 0.2) is 58.3 Å². The number of amides is 2. The highest BCUT2D eigenvalue weighted by molar-refractivity contribution is 5.95. The van der Waals surface area contributed by atoms with Crippen molar-refractivity contribution >= 4 is 12.0 Å². The lowest BCUT2D eigenvalue weighted by molar-refractivity contribution is -0.139. The molecule has 1 aliphatic heterocycles. The van der Waals surface area contributed by atoms with E-state index in [0.717, 1.165) is 29.9 Å². The number of nitrogens with zero attached hydrogens (tertiary/aromatic N) is 1. The maximum Gasteiger partial charge on any atom is 0.338 e. The lowest BCUT2D eigenvalue weighted by atomic mass is 9.92. The Bertz CT molecular complexity index is 1040. The first-order valence-electron chi connectivity index (χ1n) is 12.9. The van der Waals surface area contributed by atoms with Gasteiger partial charge in [0.25, 0.3) is 0 Å². The quantitative estimate of drug-likeness (QED) is 0.447. The molecular weight excluding hydrogens is 458 g/mol. The Balaban J connectivity index is 1.68. The summed E-state index contributed by atoms with van der Waals surface area (Å²) in [5, 5.41) is 5.85. The molecule has 2 amide bonds. The van der Waals surface area contributed by atoms with E-state index >= 15 is 0 Å². The molecule has 8 nitrogen and oxygen atoms in total. The lowest BCUT2D eigenvalue weighted by Crippen LogP contribution is -2.49. The van der Waals surface area contributed by atoms with E-state index in [9.17, 15) is 9.59 Å². The minimum Gasteiger partial charge on any atom is -0.491 e. The van der Waals surface area contributed by atoms with Crippen LogP contribution in [0.3, 0.4) is 0 Å². The lowest BCUT2D eigenvalue weighted by Gasteiger charge is -2.37. The molecule has 1 aromatic heterocycles. The third-order valence-electron chi connectivity index (χ3n) is 6.63. The molecule has 1 aliphatic carbocycles. The highest BCUT2D eigenvalue weighted by Crippen LogP contribution is 2.31. The van der Waals surface area contributed by atoms with Crippen molar-refractivity contribution in [1.29, 1.82) is 0 Å². The van der Waals surface area contributed by atoms with Gasteiger partial charge in [0.1, 0.15) is 11.5 Å². The van der Waals surface area contributed by atoms with Gasteiger partial charge < -0.3 is 24.5 Å². The van der Waals surface area contributed by atoms with Crippen molar-refractivity contribution in [3.8, 4) is 5.75 Å². The molecule has 2 heterocycles. The van der Waals surface area contributed by atoms with Crippen LogP contribution in [0.5, 0.6) is 5.75 Å².